The van der Waals surface area contributed by atoms with Crippen molar-refractivity contribution in [3.8, 4) is 0 Å². The third-order valence-electron chi connectivity index (χ3n) is 3.94. The minimum absolute atomic E-state index is 0.263. The minimum Gasteiger partial charge on any atom is -0.0999 e. The normalized spacial score (nSPS) is 18.4. The van der Waals surface area contributed by atoms with Crippen LogP contribution in [0.25, 0.3) is 0 Å². The van der Waals surface area contributed by atoms with E-state index >= 15 is 0 Å². The first-order chi connectivity index (χ1) is 7.97. The van der Waals surface area contributed by atoms with E-state index in [2.05, 4.69) is 51.6 Å². The van der Waals surface area contributed by atoms with E-state index in [0.29, 0.717) is 0 Å². The lowest BCUT2D eigenvalue weighted by molar-refractivity contribution is 0.517. The maximum absolute atomic E-state index is 4.09. The number of hydrogen-bond acceptors (Lipinski definition) is 0. The summed E-state index contributed by atoms with van der Waals surface area (Å²) in [6, 6.07) is 9.27. The van der Waals surface area contributed by atoms with Gasteiger partial charge in [0, 0.05) is 0 Å². The predicted octanol–water partition coefficient (Wildman–Crippen LogP) is 5.20. The van der Waals surface area contributed by atoms with E-state index in [-0.39, 0.29) is 5.41 Å². The third kappa shape index (κ3) is 3.00. The highest BCUT2D eigenvalue weighted by Gasteiger charge is 2.18. The molecule has 0 nitrogen and oxygen atoms in total. The SMILES string of the molecule is C=C1CCC(c2ccc(C(C)(C)C)cc2)CC1. The Bertz CT molecular complexity index is 379. The summed E-state index contributed by atoms with van der Waals surface area (Å²) in [5.74, 6) is 0.759. The molecule has 0 saturated heterocycles. The molecule has 1 fully saturated rings. The summed E-state index contributed by atoms with van der Waals surface area (Å²) in [4.78, 5) is 0. The Balaban J connectivity index is 2.10. The second-order valence-electron chi connectivity index (χ2n) is 6.40. The van der Waals surface area contributed by atoms with Crippen LogP contribution in [0, 0.1) is 0 Å². The van der Waals surface area contributed by atoms with Crippen LogP contribution in [0.15, 0.2) is 36.4 Å². The summed E-state index contributed by atoms with van der Waals surface area (Å²) in [7, 11) is 0. The van der Waals surface area contributed by atoms with E-state index in [1.807, 2.05) is 0 Å². The van der Waals surface area contributed by atoms with Gasteiger partial charge in [-0.15, -0.1) is 0 Å². The van der Waals surface area contributed by atoms with Crippen molar-refractivity contribution in [3.63, 3.8) is 0 Å². The van der Waals surface area contributed by atoms with Crippen LogP contribution in [0.3, 0.4) is 0 Å². The van der Waals surface area contributed by atoms with Gasteiger partial charge in [-0.05, 0) is 48.1 Å². The Morgan fingerprint density at radius 3 is 2.00 bits per heavy atom. The monoisotopic (exact) mass is 228 g/mol. The Labute approximate surface area is 106 Å². The van der Waals surface area contributed by atoms with E-state index in [9.17, 15) is 0 Å². The van der Waals surface area contributed by atoms with Gasteiger partial charge in [0.25, 0.3) is 0 Å². The zero-order valence-corrected chi connectivity index (χ0v) is 11.4. The lowest BCUT2D eigenvalue weighted by Crippen LogP contribution is -2.11. The Morgan fingerprint density at radius 2 is 1.53 bits per heavy atom. The maximum atomic E-state index is 4.09. The molecule has 1 saturated carbocycles. The molecule has 2 rings (SSSR count). The van der Waals surface area contributed by atoms with Crippen molar-refractivity contribution in [3.05, 3.63) is 47.5 Å². The predicted molar refractivity (Wildman–Crippen MR) is 75.5 cm³/mol. The van der Waals surface area contributed by atoms with Crippen molar-refractivity contribution < 1.29 is 0 Å². The van der Waals surface area contributed by atoms with Crippen LogP contribution < -0.4 is 0 Å². The quantitative estimate of drug-likeness (QED) is 0.580. The maximum Gasteiger partial charge on any atom is -0.0132 e. The lowest BCUT2D eigenvalue weighted by Gasteiger charge is -2.25. The molecule has 0 heterocycles. The summed E-state index contributed by atoms with van der Waals surface area (Å²) in [6.07, 6.45) is 5.00. The number of benzene rings is 1. The summed E-state index contributed by atoms with van der Waals surface area (Å²) in [5.41, 5.74) is 4.65. The third-order valence-corrected chi connectivity index (χ3v) is 3.94. The van der Waals surface area contributed by atoms with Gasteiger partial charge < -0.3 is 0 Å². The van der Waals surface area contributed by atoms with Gasteiger partial charge in [0.1, 0.15) is 0 Å². The summed E-state index contributed by atoms with van der Waals surface area (Å²) in [5, 5.41) is 0. The van der Waals surface area contributed by atoms with Crippen molar-refractivity contribution in [2.75, 3.05) is 0 Å². The molecule has 17 heavy (non-hydrogen) atoms. The average molecular weight is 228 g/mol. The van der Waals surface area contributed by atoms with Crippen LogP contribution in [0.5, 0.6) is 0 Å². The molecule has 0 aliphatic heterocycles. The molecular weight excluding hydrogens is 204 g/mol. The van der Waals surface area contributed by atoms with Crippen molar-refractivity contribution in [1.29, 1.82) is 0 Å². The van der Waals surface area contributed by atoms with Gasteiger partial charge in [0.15, 0.2) is 0 Å². The molecule has 0 bridgehead atoms. The van der Waals surface area contributed by atoms with E-state index in [1.54, 1.807) is 0 Å². The van der Waals surface area contributed by atoms with Gasteiger partial charge in [-0.25, -0.2) is 0 Å². The molecule has 0 unspecified atom stereocenters. The molecule has 1 aromatic rings. The Kier molecular flexibility index (Phi) is 3.42. The van der Waals surface area contributed by atoms with Gasteiger partial charge in [-0.3, -0.25) is 0 Å². The molecule has 0 aromatic heterocycles. The summed E-state index contributed by atoms with van der Waals surface area (Å²) < 4.78 is 0. The fourth-order valence-electron chi connectivity index (χ4n) is 2.61. The van der Waals surface area contributed by atoms with Crippen LogP contribution in [-0.4, -0.2) is 0 Å². The first kappa shape index (κ1) is 12.4. The summed E-state index contributed by atoms with van der Waals surface area (Å²) >= 11 is 0. The van der Waals surface area contributed by atoms with Crippen molar-refractivity contribution >= 4 is 0 Å². The number of allylic oxidation sites excluding steroid dienone is 1. The van der Waals surface area contributed by atoms with Gasteiger partial charge in [-0.1, -0.05) is 57.2 Å². The molecule has 0 amide bonds. The minimum atomic E-state index is 0.263. The fourth-order valence-corrected chi connectivity index (χ4v) is 2.61. The highest BCUT2D eigenvalue weighted by atomic mass is 14.2. The van der Waals surface area contributed by atoms with Gasteiger partial charge >= 0.3 is 0 Å². The largest absolute Gasteiger partial charge is 0.0999 e. The fraction of sp³-hybridized carbons (Fsp3) is 0.529. The topological polar surface area (TPSA) is 0 Å². The van der Waals surface area contributed by atoms with Crippen LogP contribution in [0.4, 0.5) is 0 Å². The lowest BCUT2D eigenvalue weighted by atomic mass is 9.80. The summed E-state index contributed by atoms with van der Waals surface area (Å²) in [6.45, 7) is 10.9. The van der Waals surface area contributed by atoms with Crippen molar-refractivity contribution in [2.24, 2.45) is 0 Å². The highest BCUT2D eigenvalue weighted by molar-refractivity contribution is 5.30. The smallest absolute Gasteiger partial charge is 0.0132 e. The van der Waals surface area contributed by atoms with E-state index in [4.69, 9.17) is 0 Å². The van der Waals surface area contributed by atoms with E-state index < -0.39 is 0 Å². The van der Waals surface area contributed by atoms with Crippen molar-refractivity contribution in [1.82, 2.24) is 0 Å². The van der Waals surface area contributed by atoms with E-state index in [0.717, 1.165) is 5.92 Å². The first-order valence-electron chi connectivity index (χ1n) is 6.74. The van der Waals surface area contributed by atoms with Crippen LogP contribution in [0.1, 0.15) is 63.5 Å². The molecule has 0 atom stereocenters. The molecule has 0 radical (unpaired) electrons. The molecule has 1 aliphatic rings. The second-order valence-corrected chi connectivity index (χ2v) is 6.40. The van der Waals surface area contributed by atoms with Crippen LogP contribution >= 0.6 is 0 Å². The highest BCUT2D eigenvalue weighted by Crippen LogP contribution is 2.35. The molecule has 0 heteroatoms. The second kappa shape index (κ2) is 4.68. The van der Waals surface area contributed by atoms with Crippen molar-refractivity contribution in [2.45, 2.75) is 57.8 Å². The first-order valence-corrected chi connectivity index (χ1v) is 6.74. The molecule has 92 valence electrons. The van der Waals surface area contributed by atoms with Gasteiger partial charge in [-0.2, -0.15) is 0 Å². The van der Waals surface area contributed by atoms with Gasteiger partial charge in [0.05, 0.1) is 0 Å². The average Bonchev–Trinajstić information content (AvgIpc) is 2.29. The molecule has 0 N–H and O–H groups in total. The zero-order valence-electron chi connectivity index (χ0n) is 11.4. The van der Waals surface area contributed by atoms with E-state index in [1.165, 1.54) is 42.4 Å². The standard InChI is InChI=1S/C17H24/c1-13-5-7-14(8-6-13)15-9-11-16(12-10-15)17(2,3)4/h9-12,14H,1,5-8H2,2-4H3. The zero-order chi connectivity index (χ0) is 12.5. The molecule has 1 aliphatic carbocycles. The van der Waals surface area contributed by atoms with Gasteiger partial charge in [0.2, 0.25) is 0 Å². The number of hydrogen-bond donors (Lipinski definition) is 0. The Hall–Kier alpha value is -1.04. The van der Waals surface area contributed by atoms with Crippen LogP contribution in [-0.2, 0) is 5.41 Å². The molecule has 1 aromatic carbocycles. The number of rotatable bonds is 1. The molecular formula is C17H24. The Morgan fingerprint density at radius 1 is 1.00 bits per heavy atom. The van der Waals surface area contributed by atoms with Crippen LogP contribution in [0.2, 0.25) is 0 Å². The molecule has 0 spiro atoms.